The van der Waals surface area contributed by atoms with E-state index in [1.165, 1.54) is 6.07 Å². The lowest BCUT2D eigenvalue weighted by atomic mass is 10.2. The monoisotopic (exact) mass is 195 g/mol. The van der Waals surface area contributed by atoms with Gasteiger partial charge in [0.1, 0.15) is 11.8 Å². The fraction of sp³-hybridized carbons (Fsp3) is 0.300. The second-order valence-electron chi connectivity index (χ2n) is 3.21. The lowest BCUT2D eigenvalue weighted by Gasteiger charge is -2.11. The molecule has 0 amide bonds. The number of aryl methyl sites for hydroxylation is 1. The van der Waals surface area contributed by atoms with E-state index >= 15 is 0 Å². The highest BCUT2D eigenvalue weighted by atomic mass is 16.4. The molecule has 0 saturated carbocycles. The summed E-state index contributed by atoms with van der Waals surface area (Å²) in [6, 6.07) is 4.24. The first kappa shape index (κ1) is 10.4. The van der Waals surface area contributed by atoms with Crippen molar-refractivity contribution >= 4 is 11.7 Å². The highest BCUT2D eigenvalue weighted by molar-refractivity contribution is 5.76. The Morgan fingerprint density at radius 3 is 2.64 bits per heavy atom. The van der Waals surface area contributed by atoms with Crippen LogP contribution in [0.15, 0.2) is 18.2 Å². The van der Waals surface area contributed by atoms with Crippen molar-refractivity contribution < 1.29 is 15.0 Å². The van der Waals surface area contributed by atoms with Crippen LogP contribution in [0.1, 0.15) is 12.5 Å². The van der Waals surface area contributed by atoms with E-state index in [0.29, 0.717) is 11.3 Å². The summed E-state index contributed by atoms with van der Waals surface area (Å²) in [5.74, 6) is -0.700. The van der Waals surface area contributed by atoms with Crippen molar-refractivity contribution in [1.29, 1.82) is 0 Å². The third kappa shape index (κ3) is 2.39. The zero-order chi connectivity index (χ0) is 10.7. The molecule has 1 atom stereocenters. The summed E-state index contributed by atoms with van der Waals surface area (Å²) in [7, 11) is 0. The maximum Gasteiger partial charge on any atom is 0.325 e. The molecule has 0 heterocycles. The predicted molar refractivity (Wildman–Crippen MR) is 53.6 cm³/mol. The molecule has 1 rings (SSSR count). The van der Waals surface area contributed by atoms with Gasteiger partial charge in [-0.1, -0.05) is 0 Å². The third-order valence-corrected chi connectivity index (χ3v) is 1.95. The van der Waals surface area contributed by atoms with Crippen molar-refractivity contribution in [2.24, 2.45) is 0 Å². The fourth-order valence-corrected chi connectivity index (χ4v) is 1.06. The molecule has 0 spiro atoms. The minimum absolute atomic E-state index is 0.207. The van der Waals surface area contributed by atoms with Gasteiger partial charge in [-0.15, -0.1) is 0 Å². The summed E-state index contributed by atoms with van der Waals surface area (Å²) in [5.41, 5.74) is 1.41. The summed E-state index contributed by atoms with van der Waals surface area (Å²) in [6.07, 6.45) is 0. The number of aliphatic carboxylic acids is 1. The highest BCUT2D eigenvalue weighted by Crippen LogP contribution is 2.20. The van der Waals surface area contributed by atoms with Crippen LogP contribution in [-0.4, -0.2) is 22.2 Å². The average molecular weight is 195 g/mol. The molecule has 0 fully saturated rings. The molecule has 3 N–H and O–H groups in total. The normalized spacial score (nSPS) is 12.1. The van der Waals surface area contributed by atoms with E-state index in [1.54, 1.807) is 26.0 Å². The van der Waals surface area contributed by atoms with Crippen LogP contribution in [0.25, 0.3) is 0 Å². The summed E-state index contributed by atoms with van der Waals surface area (Å²) in [6.45, 7) is 3.32. The highest BCUT2D eigenvalue weighted by Gasteiger charge is 2.10. The van der Waals surface area contributed by atoms with Gasteiger partial charge in [0, 0.05) is 5.69 Å². The van der Waals surface area contributed by atoms with Crippen LogP contribution in [0.4, 0.5) is 5.69 Å². The van der Waals surface area contributed by atoms with Crippen molar-refractivity contribution in [3.05, 3.63) is 23.8 Å². The Morgan fingerprint density at radius 2 is 2.14 bits per heavy atom. The van der Waals surface area contributed by atoms with Crippen molar-refractivity contribution in [3.63, 3.8) is 0 Å². The number of nitrogens with one attached hydrogen (secondary N) is 1. The molecule has 0 bridgehead atoms. The van der Waals surface area contributed by atoms with Gasteiger partial charge in [0.05, 0.1) is 0 Å². The number of hydrogen-bond donors (Lipinski definition) is 3. The van der Waals surface area contributed by atoms with Crippen LogP contribution in [0.2, 0.25) is 0 Å². The van der Waals surface area contributed by atoms with Crippen LogP contribution < -0.4 is 5.32 Å². The summed E-state index contributed by atoms with van der Waals surface area (Å²) >= 11 is 0. The zero-order valence-corrected chi connectivity index (χ0v) is 8.11. The summed E-state index contributed by atoms with van der Waals surface area (Å²) < 4.78 is 0. The number of carboxylic acids is 1. The number of aromatic hydroxyl groups is 1. The maximum atomic E-state index is 10.5. The van der Waals surface area contributed by atoms with Gasteiger partial charge < -0.3 is 15.5 Å². The number of carbonyl (C=O) groups is 1. The number of phenolic OH excluding ortho intramolecular Hbond substituents is 1. The molecular weight excluding hydrogens is 182 g/mol. The molecule has 1 aromatic rings. The van der Waals surface area contributed by atoms with Crippen molar-refractivity contribution in [2.45, 2.75) is 19.9 Å². The molecule has 0 unspecified atom stereocenters. The fourth-order valence-electron chi connectivity index (χ4n) is 1.06. The van der Waals surface area contributed by atoms with Gasteiger partial charge >= 0.3 is 5.97 Å². The Kier molecular flexibility index (Phi) is 2.96. The molecule has 14 heavy (non-hydrogen) atoms. The summed E-state index contributed by atoms with van der Waals surface area (Å²) in [4.78, 5) is 10.5. The van der Waals surface area contributed by atoms with Crippen LogP contribution in [0, 0.1) is 6.92 Å². The Balaban J connectivity index is 2.78. The van der Waals surface area contributed by atoms with Crippen LogP contribution in [0.3, 0.4) is 0 Å². The molecular formula is C10H13NO3. The lowest BCUT2D eigenvalue weighted by Crippen LogP contribution is -2.25. The van der Waals surface area contributed by atoms with Gasteiger partial charge in [0.2, 0.25) is 0 Å². The molecule has 4 nitrogen and oxygen atoms in total. The van der Waals surface area contributed by atoms with Gasteiger partial charge in [0.15, 0.2) is 0 Å². The smallest absolute Gasteiger partial charge is 0.325 e. The number of benzene rings is 1. The van der Waals surface area contributed by atoms with Crippen LogP contribution in [-0.2, 0) is 4.79 Å². The Bertz CT molecular complexity index is 349. The lowest BCUT2D eigenvalue weighted by molar-refractivity contribution is -0.137. The number of phenols is 1. The molecule has 0 saturated heterocycles. The Hall–Kier alpha value is -1.71. The average Bonchev–Trinajstić information content (AvgIpc) is 2.11. The van der Waals surface area contributed by atoms with E-state index in [4.69, 9.17) is 5.11 Å². The largest absolute Gasteiger partial charge is 0.508 e. The van der Waals surface area contributed by atoms with Gasteiger partial charge in [-0.25, -0.2) is 0 Å². The van der Waals surface area contributed by atoms with Crippen molar-refractivity contribution in [1.82, 2.24) is 0 Å². The van der Waals surface area contributed by atoms with Crippen molar-refractivity contribution in [2.75, 3.05) is 5.32 Å². The number of rotatable bonds is 3. The van der Waals surface area contributed by atoms with Crippen LogP contribution >= 0.6 is 0 Å². The molecule has 0 aliphatic heterocycles. The molecule has 0 aliphatic rings. The minimum atomic E-state index is -0.907. The van der Waals surface area contributed by atoms with Gasteiger partial charge in [0.25, 0.3) is 0 Å². The minimum Gasteiger partial charge on any atom is -0.508 e. The molecule has 0 radical (unpaired) electrons. The molecule has 0 aromatic heterocycles. The zero-order valence-electron chi connectivity index (χ0n) is 8.11. The Morgan fingerprint density at radius 1 is 1.50 bits per heavy atom. The quantitative estimate of drug-likeness (QED) is 0.640. The van der Waals surface area contributed by atoms with Crippen LogP contribution in [0.5, 0.6) is 5.75 Å². The number of anilines is 1. The Labute approximate surface area is 82.2 Å². The molecule has 76 valence electrons. The van der Waals surface area contributed by atoms with E-state index in [9.17, 15) is 9.90 Å². The first-order chi connectivity index (χ1) is 6.50. The van der Waals surface area contributed by atoms with E-state index in [2.05, 4.69) is 5.32 Å². The second-order valence-corrected chi connectivity index (χ2v) is 3.21. The maximum absolute atomic E-state index is 10.5. The number of carboxylic acid groups (broad SMARTS) is 1. The van der Waals surface area contributed by atoms with Crippen molar-refractivity contribution in [3.8, 4) is 5.75 Å². The second kappa shape index (κ2) is 4.00. The molecule has 4 heteroatoms. The first-order valence-electron chi connectivity index (χ1n) is 4.29. The van der Waals surface area contributed by atoms with E-state index < -0.39 is 12.0 Å². The number of hydrogen-bond acceptors (Lipinski definition) is 3. The van der Waals surface area contributed by atoms with Gasteiger partial charge in [-0.2, -0.15) is 0 Å². The van der Waals surface area contributed by atoms with Gasteiger partial charge in [-0.05, 0) is 37.6 Å². The van der Waals surface area contributed by atoms with Gasteiger partial charge in [-0.3, -0.25) is 4.79 Å². The van der Waals surface area contributed by atoms with E-state index in [1.807, 2.05) is 0 Å². The topological polar surface area (TPSA) is 69.6 Å². The molecule has 1 aromatic carbocycles. The molecule has 0 aliphatic carbocycles. The SMILES string of the molecule is Cc1cc(N[C@@H](C)C(=O)O)ccc1O. The first-order valence-corrected chi connectivity index (χ1v) is 4.29. The predicted octanol–water partition coefficient (Wildman–Crippen LogP) is 1.59. The third-order valence-electron chi connectivity index (χ3n) is 1.95. The standard InChI is InChI=1S/C10H13NO3/c1-6-5-8(3-4-9(6)12)11-7(2)10(13)14/h3-5,7,11-12H,1-2H3,(H,13,14)/t7-/m0/s1. The van der Waals surface area contributed by atoms with E-state index in [0.717, 1.165) is 0 Å². The summed E-state index contributed by atoms with van der Waals surface area (Å²) in [5, 5.41) is 20.7. The van der Waals surface area contributed by atoms with E-state index in [-0.39, 0.29) is 5.75 Å².